The van der Waals surface area contributed by atoms with Gasteiger partial charge >= 0.3 is 0 Å². The van der Waals surface area contributed by atoms with Gasteiger partial charge in [-0.1, -0.05) is 24.3 Å². The van der Waals surface area contributed by atoms with Crippen LogP contribution in [0.25, 0.3) is 0 Å². The molecule has 4 N–H and O–H groups in total. The summed E-state index contributed by atoms with van der Waals surface area (Å²) in [4.78, 5) is 12.2. The summed E-state index contributed by atoms with van der Waals surface area (Å²) in [5.74, 6) is 0.364. The summed E-state index contributed by atoms with van der Waals surface area (Å²) in [5.41, 5.74) is 14.8. The second-order valence-corrected chi connectivity index (χ2v) is 5.35. The molecule has 0 saturated heterocycles. The first-order chi connectivity index (χ1) is 9.08. The van der Waals surface area contributed by atoms with Gasteiger partial charge in [0.05, 0.1) is 5.56 Å². The van der Waals surface area contributed by atoms with Gasteiger partial charge in [0.25, 0.3) is 0 Å². The summed E-state index contributed by atoms with van der Waals surface area (Å²) in [5, 5.41) is 0. The fourth-order valence-electron chi connectivity index (χ4n) is 1.79. The molecule has 0 unspecified atom stereocenters. The molecule has 19 heavy (non-hydrogen) atoms. The predicted octanol–water partition coefficient (Wildman–Crippen LogP) is 2.97. The van der Waals surface area contributed by atoms with Crippen LogP contribution >= 0.6 is 11.8 Å². The van der Waals surface area contributed by atoms with Crippen molar-refractivity contribution in [2.75, 3.05) is 5.73 Å². The second kappa shape index (κ2) is 5.80. The van der Waals surface area contributed by atoms with Gasteiger partial charge in [0.2, 0.25) is 5.91 Å². The number of benzene rings is 2. The van der Waals surface area contributed by atoms with E-state index in [0.717, 1.165) is 10.6 Å². The lowest BCUT2D eigenvalue weighted by molar-refractivity contribution is 0.0997. The smallest absolute Gasteiger partial charge is 0.249 e. The van der Waals surface area contributed by atoms with Crippen LogP contribution in [0.5, 0.6) is 0 Å². The number of amides is 1. The van der Waals surface area contributed by atoms with Gasteiger partial charge < -0.3 is 11.5 Å². The molecule has 0 radical (unpaired) electrons. The molecule has 0 aliphatic heterocycles. The van der Waals surface area contributed by atoms with Crippen LogP contribution in [0.2, 0.25) is 0 Å². The molecule has 1 amide bonds. The number of aryl methyl sites for hydroxylation is 1. The lowest BCUT2D eigenvalue weighted by atomic mass is 10.1. The van der Waals surface area contributed by atoms with E-state index < -0.39 is 5.91 Å². The quantitative estimate of drug-likeness (QED) is 0.664. The molecule has 0 atom stereocenters. The molecule has 98 valence electrons. The van der Waals surface area contributed by atoms with Crippen molar-refractivity contribution < 1.29 is 4.79 Å². The van der Waals surface area contributed by atoms with Crippen molar-refractivity contribution in [1.82, 2.24) is 0 Å². The number of carbonyl (C=O) groups excluding carboxylic acids is 1. The van der Waals surface area contributed by atoms with Crippen LogP contribution in [0.15, 0.2) is 47.4 Å². The number of nitrogen functional groups attached to an aromatic ring is 1. The third kappa shape index (κ3) is 3.29. The van der Waals surface area contributed by atoms with E-state index in [1.165, 1.54) is 11.1 Å². The molecule has 0 spiro atoms. The maximum Gasteiger partial charge on any atom is 0.249 e. The van der Waals surface area contributed by atoms with Gasteiger partial charge in [0, 0.05) is 16.3 Å². The second-order valence-electron chi connectivity index (χ2n) is 4.34. The number of rotatable bonds is 4. The minimum Gasteiger partial charge on any atom is -0.399 e. The molecule has 0 bridgehead atoms. The summed E-state index contributed by atoms with van der Waals surface area (Å²) in [6, 6.07) is 13.3. The zero-order valence-corrected chi connectivity index (χ0v) is 11.5. The Labute approximate surface area is 117 Å². The van der Waals surface area contributed by atoms with Crippen LogP contribution < -0.4 is 11.5 Å². The molecule has 0 fully saturated rings. The Morgan fingerprint density at radius 3 is 2.63 bits per heavy atom. The molecule has 0 heterocycles. The highest BCUT2D eigenvalue weighted by atomic mass is 32.2. The summed E-state index contributed by atoms with van der Waals surface area (Å²) in [6.07, 6.45) is 0. The third-order valence-electron chi connectivity index (χ3n) is 2.92. The summed E-state index contributed by atoms with van der Waals surface area (Å²) in [7, 11) is 0. The van der Waals surface area contributed by atoms with Gasteiger partial charge in [-0.2, -0.15) is 0 Å². The number of carbonyl (C=O) groups is 1. The zero-order chi connectivity index (χ0) is 13.8. The first kappa shape index (κ1) is 13.5. The van der Waals surface area contributed by atoms with Crippen molar-refractivity contribution in [1.29, 1.82) is 0 Å². The number of hydrogen-bond acceptors (Lipinski definition) is 3. The van der Waals surface area contributed by atoms with Crippen LogP contribution in [0.1, 0.15) is 21.5 Å². The Morgan fingerprint density at radius 2 is 1.95 bits per heavy atom. The summed E-state index contributed by atoms with van der Waals surface area (Å²) < 4.78 is 0. The van der Waals surface area contributed by atoms with E-state index in [4.69, 9.17) is 11.5 Å². The lowest BCUT2D eigenvalue weighted by Gasteiger charge is -2.09. The van der Waals surface area contributed by atoms with Crippen LogP contribution in [0.3, 0.4) is 0 Å². The maximum atomic E-state index is 11.4. The molecule has 0 saturated carbocycles. The van der Waals surface area contributed by atoms with E-state index in [2.05, 4.69) is 19.1 Å². The molecule has 0 aromatic heterocycles. The predicted molar refractivity (Wildman–Crippen MR) is 80.1 cm³/mol. The lowest BCUT2D eigenvalue weighted by Crippen LogP contribution is -2.12. The monoisotopic (exact) mass is 272 g/mol. The van der Waals surface area contributed by atoms with Crippen molar-refractivity contribution in [3.63, 3.8) is 0 Å². The highest BCUT2D eigenvalue weighted by Gasteiger charge is 2.09. The standard InChI is InChI=1S/C15H16N2OS/c1-10-4-2-3-5-11(10)9-19-14-8-12(16)6-7-13(14)15(17)18/h2-8H,9,16H2,1H3,(H2,17,18). The van der Waals surface area contributed by atoms with Crippen LogP contribution in [0.4, 0.5) is 5.69 Å². The summed E-state index contributed by atoms with van der Waals surface area (Å²) >= 11 is 1.58. The van der Waals surface area contributed by atoms with Crippen molar-refractivity contribution >= 4 is 23.4 Å². The first-order valence-electron chi connectivity index (χ1n) is 5.94. The SMILES string of the molecule is Cc1ccccc1CSc1cc(N)ccc1C(N)=O. The van der Waals surface area contributed by atoms with E-state index in [-0.39, 0.29) is 0 Å². The third-order valence-corrected chi connectivity index (χ3v) is 4.02. The van der Waals surface area contributed by atoms with Crippen LogP contribution in [-0.2, 0) is 5.75 Å². The molecule has 4 heteroatoms. The van der Waals surface area contributed by atoms with Crippen LogP contribution in [-0.4, -0.2) is 5.91 Å². The van der Waals surface area contributed by atoms with Gasteiger partial charge in [-0.05, 0) is 36.2 Å². The van der Waals surface area contributed by atoms with E-state index in [9.17, 15) is 4.79 Å². The largest absolute Gasteiger partial charge is 0.399 e. The average Bonchev–Trinajstić information content (AvgIpc) is 2.37. The van der Waals surface area contributed by atoms with E-state index in [1.54, 1.807) is 30.0 Å². The van der Waals surface area contributed by atoms with Gasteiger partial charge in [-0.25, -0.2) is 0 Å². The van der Waals surface area contributed by atoms with Gasteiger partial charge in [0.15, 0.2) is 0 Å². The van der Waals surface area contributed by atoms with E-state index >= 15 is 0 Å². The Kier molecular flexibility index (Phi) is 4.12. The minimum atomic E-state index is -0.424. The molecule has 2 aromatic rings. The van der Waals surface area contributed by atoms with Crippen molar-refractivity contribution in [3.8, 4) is 0 Å². The number of thioether (sulfide) groups is 1. The van der Waals surface area contributed by atoms with E-state index in [0.29, 0.717) is 11.3 Å². The molecule has 2 aromatic carbocycles. The first-order valence-corrected chi connectivity index (χ1v) is 6.93. The summed E-state index contributed by atoms with van der Waals surface area (Å²) in [6.45, 7) is 2.07. The number of hydrogen-bond donors (Lipinski definition) is 2. The highest BCUT2D eigenvalue weighted by molar-refractivity contribution is 7.98. The number of anilines is 1. The maximum absolute atomic E-state index is 11.4. The van der Waals surface area contributed by atoms with Crippen molar-refractivity contribution in [2.24, 2.45) is 5.73 Å². The molecule has 2 rings (SSSR count). The molecule has 0 aliphatic rings. The van der Waals surface area contributed by atoms with Gasteiger partial charge in [0.1, 0.15) is 0 Å². The Balaban J connectivity index is 2.22. The molecular weight excluding hydrogens is 256 g/mol. The molecular formula is C15H16N2OS. The Hall–Kier alpha value is -1.94. The molecule has 0 aliphatic carbocycles. The number of primary amides is 1. The fraction of sp³-hybridized carbons (Fsp3) is 0.133. The normalized spacial score (nSPS) is 10.4. The van der Waals surface area contributed by atoms with E-state index in [1.807, 2.05) is 12.1 Å². The average molecular weight is 272 g/mol. The zero-order valence-electron chi connectivity index (χ0n) is 10.7. The van der Waals surface area contributed by atoms with Gasteiger partial charge in [-0.15, -0.1) is 11.8 Å². The minimum absolute atomic E-state index is 0.424. The van der Waals surface area contributed by atoms with Crippen molar-refractivity contribution in [2.45, 2.75) is 17.6 Å². The Morgan fingerprint density at radius 1 is 1.21 bits per heavy atom. The topological polar surface area (TPSA) is 69.1 Å². The number of nitrogens with two attached hydrogens (primary N) is 2. The molecule has 3 nitrogen and oxygen atoms in total. The Bertz CT molecular complexity index is 611. The van der Waals surface area contributed by atoms with Gasteiger partial charge in [-0.3, -0.25) is 4.79 Å². The van der Waals surface area contributed by atoms with Crippen molar-refractivity contribution in [3.05, 3.63) is 59.2 Å². The fourth-order valence-corrected chi connectivity index (χ4v) is 2.97. The van der Waals surface area contributed by atoms with Crippen LogP contribution in [0, 0.1) is 6.92 Å². The highest BCUT2D eigenvalue weighted by Crippen LogP contribution is 2.29.